The molecular formula is C13H15BrFNO2. The van der Waals surface area contributed by atoms with Crippen LogP contribution in [0.15, 0.2) is 22.7 Å². The van der Waals surface area contributed by atoms with Crippen molar-refractivity contribution >= 4 is 21.8 Å². The molecule has 1 saturated carbocycles. The first-order valence-electron chi connectivity index (χ1n) is 5.76. The molecule has 1 aliphatic carbocycles. The van der Waals surface area contributed by atoms with Gasteiger partial charge < -0.3 is 10.4 Å². The van der Waals surface area contributed by atoms with Crippen LogP contribution in [0.2, 0.25) is 0 Å². The molecule has 2 rings (SSSR count). The Morgan fingerprint density at radius 2 is 2.22 bits per heavy atom. The number of amides is 1. The van der Waals surface area contributed by atoms with Crippen LogP contribution in [0.25, 0.3) is 0 Å². The zero-order chi connectivity index (χ0) is 13.5. The highest BCUT2D eigenvalue weighted by atomic mass is 79.9. The van der Waals surface area contributed by atoms with Crippen LogP contribution in [-0.2, 0) is 0 Å². The van der Waals surface area contributed by atoms with Gasteiger partial charge in [0.2, 0.25) is 0 Å². The summed E-state index contributed by atoms with van der Waals surface area (Å²) in [5.74, 6) is -0.775. The Labute approximate surface area is 114 Å². The molecule has 1 aromatic carbocycles. The number of carbonyl (C=O) groups excluding carboxylic acids is 1. The lowest BCUT2D eigenvalue weighted by molar-refractivity contribution is -0.0689. The van der Waals surface area contributed by atoms with E-state index in [0.29, 0.717) is 10.9 Å². The van der Waals surface area contributed by atoms with Gasteiger partial charge in [-0.15, -0.1) is 0 Å². The van der Waals surface area contributed by atoms with E-state index in [0.717, 1.165) is 0 Å². The lowest BCUT2D eigenvalue weighted by Crippen LogP contribution is -2.61. The molecule has 0 saturated heterocycles. The summed E-state index contributed by atoms with van der Waals surface area (Å²) >= 11 is 3.22. The van der Waals surface area contributed by atoms with E-state index >= 15 is 0 Å². The van der Waals surface area contributed by atoms with Crippen LogP contribution in [0.3, 0.4) is 0 Å². The fraction of sp³-hybridized carbons (Fsp3) is 0.462. The van der Waals surface area contributed by atoms with Gasteiger partial charge in [-0.3, -0.25) is 4.79 Å². The Bertz CT molecular complexity index is 490. The van der Waals surface area contributed by atoms with E-state index < -0.39 is 11.9 Å². The molecule has 1 aromatic rings. The van der Waals surface area contributed by atoms with Crippen LogP contribution in [0, 0.1) is 11.2 Å². The monoisotopic (exact) mass is 315 g/mol. The number of halogens is 2. The molecule has 0 heterocycles. The van der Waals surface area contributed by atoms with Crippen molar-refractivity contribution in [3.05, 3.63) is 34.1 Å². The number of carbonyl (C=O) groups is 1. The van der Waals surface area contributed by atoms with E-state index in [1.807, 2.05) is 13.8 Å². The molecule has 2 N–H and O–H groups in total. The number of hydrogen-bond acceptors (Lipinski definition) is 2. The number of aliphatic hydroxyl groups excluding tert-OH is 1. The van der Waals surface area contributed by atoms with Gasteiger partial charge in [0.25, 0.3) is 5.91 Å². The van der Waals surface area contributed by atoms with Crippen molar-refractivity contribution in [1.29, 1.82) is 0 Å². The highest BCUT2D eigenvalue weighted by Crippen LogP contribution is 2.40. The minimum absolute atomic E-state index is 0.0878. The molecule has 98 valence electrons. The average molecular weight is 316 g/mol. The van der Waals surface area contributed by atoms with Crippen molar-refractivity contribution in [3.8, 4) is 0 Å². The molecule has 0 aliphatic heterocycles. The van der Waals surface area contributed by atoms with Gasteiger partial charge >= 0.3 is 0 Å². The number of aliphatic hydroxyl groups is 1. The van der Waals surface area contributed by atoms with Gasteiger partial charge in [0.15, 0.2) is 0 Å². The Morgan fingerprint density at radius 3 is 2.78 bits per heavy atom. The molecular weight excluding hydrogens is 301 g/mol. The standard InChI is InChI=1S/C13H15BrFNO2/c1-13(2)10(6-11(13)17)16-12(18)8-5-7(15)3-4-9(8)14/h3-5,10-11,17H,6H2,1-2H3,(H,16,18)/t10-,11+/m1/s1. The van der Waals surface area contributed by atoms with E-state index in [1.54, 1.807) is 0 Å². The maximum absolute atomic E-state index is 13.1. The molecule has 0 spiro atoms. The van der Waals surface area contributed by atoms with E-state index in [4.69, 9.17) is 0 Å². The summed E-state index contributed by atoms with van der Waals surface area (Å²) < 4.78 is 13.7. The van der Waals surface area contributed by atoms with Gasteiger partial charge in [-0.1, -0.05) is 13.8 Å². The molecule has 1 amide bonds. The van der Waals surface area contributed by atoms with E-state index in [-0.39, 0.29) is 22.9 Å². The highest BCUT2D eigenvalue weighted by Gasteiger charge is 2.48. The number of benzene rings is 1. The second-order valence-corrected chi connectivity index (χ2v) is 6.08. The smallest absolute Gasteiger partial charge is 0.252 e. The minimum Gasteiger partial charge on any atom is -0.392 e. The molecule has 0 radical (unpaired) electrons. The average Bonchev–Trinajstić information content (AvgIpc) is 2.31. The van der Waals surface area contributed by atoms with E-state index in [2.05, 4.69) is 21.2 Å². The van der Waals surface area contributed by atoms with Crippen LogP contribution >= 0.6 is 15.9 Å². The third-order valence-electron chi connectivity index (χ3n) is 3.69. The van der Waals surface area contributed by atoms with Crippen molar-refractivity contribution in [2.45, 2.75) is 32.4 Å². The van der Waals surface area contributed by atoms with Crippen LogP contribution in [-0.4, -0.2) is 23.2 Å². The van der Waals surface area contributed by atoms with Crippen molar-refractivity contribution < 1.29 is 14.3 Å². The van der Waals surface area contributed by atoms with Crippen LogP contribution in [0.5, 0.6) is 0 Å². The molecule has 1 aliphatic rings. The maximum atomic E-state index is 13.1. The lowest BCUT2D eigenvalue weighted by Gasteiger charge is -2.49. The summed E-state index contributed by atoms with van der Waals surface area (Å²) in [6.07, 6.45) is 0.129. The largest absolute Gasteiger partial charge is 0.392 e. The minimum atomic E-state index is -0.448. The lowest BCUT2D eigenvalue weighted by atomic mass is 9.64. The molecule has 2 atom stereocenters. The summed E-state index contributed by atoms with van der Waals surface area (Å²) in [5, 5.41) is 12.4. The Hall–Kier alpha value is -0.940. The normalized spacial score (nSPS) is 25.4. The summed E-state index contributed by atoms with van der Waals surface area (Å²) in [6.45, 7) is 3.79. The van der Waals surface area contributed by atoms with Crippen LogP contribution in [0.1, 0.15) is 30.6 Å². The van der Waals surface area contributed by atoms with Crippen molar-refractivity contribution in [2.75, 3.05) is 0 Å². The van der Waals surface area contributed by atoms with E-state index in [9.17, 15) is 14.3 Å². The summed E-state index contributed by atoms with van der Waals surface area (Å²) in [5.41, 5.74) is -0.0673. The highest BCUT2D eigenvalue weighted by molar-refractivity contribution is 9.10. The quantitative estimate of drug-likeness (QED) is 0.881. The Balaban J connectivity index is 2.12. The molecule has 0 unspecified atom stereocenters. The van der Waals surface area contributed by atoms with Crippen molar-refractivity contribution in [1.82, 2.24) is 5.32 Å². The van der Waals surface area contributed by atoms with Gasteiger partial charge in [-0.2, -0.15) is 0 Å². The summed E-state index contributed by atoms with van der Waals surface area (Å²) in [4.78, 5) is 12.0. The van der Waals surface area contributed by atoms with Crippen LogP contribution < -0.4 is 5.32 Å². The maximum Gasteiger partial charge on any atom is 0.252 e. The fourth-order valence-electron chi connectivity index (χ4n) is 2.05. The van der Waals surface area contributed by atoms with Gasteiger partial charge in [0, 0.05) is 15.9 Å². The SMILES string of the molecule is CC1(C)[C@@H](O)C[C@H]1NC(=O)c1cc(F)ccc1Br. The van der Waals surface area contributed by atoms with Gasteiger partial charge in [0.05, 0.1) is 11.7 Å². The molecule has 1 fully saturated rings. The fourth-order valence-corrected chi connectivity index (χ4v) is 2.48. The first-order chi connectivity index (χ1) is 8.32. The summed E-state index contributed by atoms with van der Waals surface area (Å²) in [6, 6.07) is 3.90. The third-order valence-corrected chi connectivity index (χ3v) is 4.39. The first kappa shape index (κ1) is 13.5. The second-order valence-electron chi connectivity index (χ2n) is 5.22. The zero-order valence-electron chi connectivity index (χ0n) is 10.2. The summed E-state index contributed by atoms with van der Waals surface area (Å²) in [7, 11) is 0. The van der Waals surface area contributed by atoms with Crippen LogP contribution in [0.4, 0.5) is 4.39 Å². The molecule has 0 aromatic heterocycles. The number of nitrogens with one attached hydrogen (secondary N) is 1. The molecule has 0 bridgehead atoms. The zero-order valence-corrected chi connectivity index (χ0v) is 11.8. The predicted molar refractivity (Wildman–Crippen MR) is 69.8 cm³/mol. The first-order valence-corrected chi connectivity index (χ1v) is 6.55. The van der Waals surface area contributed by atoms with Gasteiger partial charge in [0.1, 0.15) is 5.82 Å². The molecule has 5 heteroatoms. The predicted octanol–water partition coefficient (Wildman–Crippen LogP) is 2.48. The molecule has 3 nitrogen and oxygen atoms in total. The van der Waals surface area contributed by atoms with E-state index in [1.165, 1.54) is 18.2 Å². The second kappa shape index (κ2) is 4.63. The van der Waals surface area contributed by atoms with Gasteiger partial charge in [-0.25, -0.2) is 4.39 Å². The van der Waals surface area contributed by atoms with Crippen molar-refractivity contribution in [3.63, 3.8) is 0 Å². The third kappa shape index (κ3) is 2.29. The number of rotatable bonds is 2. The molecule has 18 heavy (non-hydrogen) atoms. The Morgan fingerprint density at radius 1 is 1.56 bits per heavy atom. The topological polar surface area (TPSA) is 49.3 Å². The Kier molecular flexibility index (Phi) is 3.47. The van der Waals surface area contributed by atoms with Gasteiger partial charge in [-0.05, 0) is 40.5 Å². The van der Waals surface area contributed by atoms with Crippen molar-refractivity contribution in [2.24, 2.45) is 5.41 Å². The number of hydrogen-bond donors (Lipinski definition) is 2.